The van der Waals surface area contributed by atoms with E-state index in [2.05, 4.69) is 6.58 Å². The second-order valence-corrected chi connectivity index (χ2v) is 1.74. The molecule has 0 atom stereocenters. The van der Waals surface area contributed by atoms with Crippen molar-refractivity contribution < 1.29 is 9.84 Å². The first-order valence-corrected chi connectivity index (χ1v) is 2.71. The van der Waals surface area contributed by atoms with Crippen LogP contribution in [0.1, 0.15) is 6.42 Å². The van der Waals surface area contributed by atoms with Crippen LogP contribution in [0, 0.1) is 0 Å². The largest absolute Gasteiger partial charge is 0.505 e. The first-order valence-electron chi connectivity index (χ1n) is 2.71. The molecule has 0 unspecified atom stereocenters. The van der Waals surface area contributed by atoms with Crippen LogP contribution in [0.25, 0.3) is 0 Å². The lowest BCUT2D eigenvalue weighted by atomic mass is 10.3. The zero-order valence-electron chi connectivity index (χ0n) is 5.00. The lowest BCUT2D eigenvalue weighted by Crippen LogP contribution is -1.91. The molecule has 1 N–H and O–H groups in total. The molecule has 0 amide bonds. The molecule has 0 saturated heterocycles. The third-order valence-electron chi connectivity index (χ3n) is 1.01. The molecule has 0 spiro atoms. The molecule has 0 aromatic rings. The van der Waals surface area contributed by atoms with Crippen molar-refractivity contribution in [3.05, 3.63) is 36.5 Å². The van der Waals surface area contributed by atoms with E-state index in [1.54, 1.807) is 6.08 Å². The van der Waals surface area contributed by atoms with E-state index in [0.717, 1.165) is 6.42 Å². The third kappa shape index (κ3) is 1.35. The molecule has 0 fully saturated rings. The highest BCUT2D eigenvalue weighted by Gasteiger charge is 2.00. The van der Waals surface area contributed by atoms with E-state index < -0.39 is 0 Å². The summed E-state index contributed by atoms with van der Waals surface area (Å²) in [5.41, 5.74) is 0. The predicted octanol–water partition coefficient (Wildman–Crippen LogP) is 1.88. The van der Waals surface area contributed by atoms with Gasteiger partial charge < -0.3 is 9.84 Å². The highest BCUT2D eigenvalue weighted by molar-refractivity contribution is 5.19. The van der Waals surface area contributed by atoms with Crippen LogP contribution >= 0.6 is 0 Å². The molecule has 1 aliphatic heterocycles. The smallest absolute Gasteiger partial charge is 0.163 e. The Balaban J connectivity index is 2.61. The number of hydrogen-bond acceptors (Lipinski definition) is 2. The van der Waals surface area contributed by atoms with Gasteiger partial charge in [-0.1, -0.05) is 6.58 Å². The van der Waals surface area contributed by atoms with Crippen molar-refractivity contribution in [3.63, 3.8) is 0 Å². The normalized spacial score (nSPS) is 16.2. The standard InChI is InChI=1S/C7H8O2/c1-6(8)7-4-2-3-5-9-7/h3-5,8H,1-2H2. The molecule has 0 radical (unpaired) electrons. The average Bonchev–Trinajstić information content (AvgIpc) is 1.90. The zero-order valence-corrected chi connectivity index (χ0v) is 5.00. The van der Waals surface area contributed by atoms with E-state index in [9.17, 15) is 0 Å². The summed E-state index contributed by atoms with van der Waals surface area (Å²) < 4.78 is 4.87. The van der Waals surface area contributed by atoms with Crippen LogP contribution in [0.5, 0.6) is 0 Å². The Labute approximate surface area is 53.8 Å². The van der Waals surface area contributed by atoms with Gasteiger partial charge in [0.15, 0.2) is 11.5 Å². The molecule has 0 aliphatic carbocycles. The zero-order chi connectivity index (χ0) is 6.69. The molecule has 0 saturated carbocycles. The molecule has 1 aliphatic rings. The summed E-state index contributed by atoms with van der Waals surface area (Å²) in [7, 11) is 0. The second kappa shape index (κ2) is 2.40. The molecule has 0 aromatic carbocycles. The molecule has 1 heterocycles. The van der Waals surface area contributed by atoms with Gasteiger partial charge in [-0.25, -0.2) is 0 Å². The minimum atomic E-state index is -0.0145. The maximum Gasteiger partial charge on any atom is 0.163 e. The first kappa shape index (κ1) is 5.95. The van der Waals surface area contributed by atoms with E-state index in [1.165, 1.54) is 6.26 Å². The monoisotopic (exact) mass is 124 g/mol. The molecular weight excluding hydrogens is 116 g/mol. The summed E-state index contributed by atoms with van der Waals surface area (Å²) in [5, 5.41) is 8.76. The molecule has 2 nitrogen and oxygen atoms in total. The van der Waals surface area contributed by atoms with Crippen LogP contribution in [0.2, 0.25) is 0 Å². The Morgan fingerprint density at radius 3 is 2.89 bits per heavy atom. The van der Waals surface area contributed by atoms with Crippen molar-refractivity contribution in [1.82, 2.24) is 0 Å². The van der Waals surface area contributed by atoms with Gasteiger partial charge in [0.05, 0.1) is 6.26 Å². The summed E-state index contributed by atoms with van der Waals surface area (Å²) >= 11 is 0. The Hall–Kier alpha value is -1.18. The Morgan fingerprint density at radius 1 is 1.78 bits per heavy atom. The number of hydrogen-bond donors (Lipinski definition) is 1. The molecule has 48 valence electrons. The Kier molecular flexibility index (Phi) is 1.58. The van der Waals surface area contributed by atoms with Crippen LogP contribution < -0.4 is 0 Å². The van der Waals surface area contributed by atoms with E-state index in [0.29, 0.717) is 5.76 Å². The lowest BCUT2D eigenvalue weighted by Gasteiger charge is -2.06. The minimum absolute atomic E-state index is 0.0145. The maximum atomic E-state index is 8.76. The van der Waals surface area contributed by atoms with Crippen molar-refractivity contribution in [2.45, 2.75) is 6.42 Å². The first-order chi connectivity index (χ1) is 4.30. The molecule has 2 heteroatoms. The quantitative estimate of drug-likeness (QED) is 0.541. The van der Waals surface area contributed by atoms with Crippen LogP contribution in [-0.2, 0) is 4.74 Å². The minimum Gasteiger partial charge on any atom is -0.505 e. The predicted molar refractivity (Wildman–Crippen MR) is 34.7 cm³/mol. The Bertz CT molecular complexity index is 177. The lowest BCUT2D eigenvalue weighted by molar-refractivity contribution is 0.291. The van der Waals surface area contributed by atoms with Gasteiger partial charge in [-0.15, -0.1) is 0 Å². The number of rotatable bonds is 1. The average molecular weight is 124 g/mol. The maximum absolute atomic E-state index is 8.76. The van der Waals surface area contributed by atoms with Gasteiger partial charge in [-0.3, -0.25) is 0 Å². The fraction of sp³-hybridized carbons (Fsp3) is 0.143. The summed E-state index contributed by atoms with van der Waals surface area (Å²) in [6.45, 7) is 3.31. The van der Waals surface area contributed by atoms with Crippen LogP contribution in [0.15, 0.2) is 36.5 Å². The highest BCUT2D eigenvalue weighted by atomic mass is 16.5. The van der Waals surface area contributed by atoms with Gasteiger partial charge in [0, 0.05) is 0 Å². The molecule has 0 bridgehead atoms. The molecular formula is C7H8O2. The number of allylic oxidation sites excluding steroid dienone is 2. The van der Waals surface area contributed by atoms with Crippen molar-refractivity contribution in [2.24, 2.45) is 0 Å². The van der Waals surface area contributed by atoms with Crippen LogP contribution in [0.4, 0.5) is 0 Å². The van der Waals surface area contributed by atoms with Gasteiger partial charge in [0.2, 0.25) is 0 Å². The van der Waals surface area contributed by atoms with Crippen LogP contribution in [0.3, 0.4) is 0 Å². The van der Waals surface area contributed by atoms with Gasteiger partial charge in [0.25, 0.3) is 0 Å². The topological polar surface area (TPSA) is 29.5 Å². The summed E-state index contributed by atoms with van der Waals surface area (Å²) in [6, 6.07) is 0. The van der Waals surface area contributed by atoms with Crippen LogP contribution in [-0.4, -0.2) is 5.11 Å². The molecule has 1 rings (SSSR count). The van der Waals surface area contributed by atoms with Crippen molar-refractivity contribution in [1.29, 1.82) is 0 Å². The number of aliphatic hydroxyl groups excluding tert-OH is 1. The van der Waals surface area contributed by atoms with E-state index in [1.807, 2.05) is 6.08 Å². The van der Waals surface area contributed by atoms with Gasteiger partial charge >= 0.3 is 0 Å². The second-order valence-electron chi connectivity index (χ2n) is 1.74. The fourth-order valence-corrected chi connectivity index (χ4v) is 0.586. The van der Waals surface area contributed by atoms with Crippen molar-refractivity contribution in [3.8, 4) is 0 Å². The summed E-state index contributed by atoms with van der Waals surface area (Å²) in [5.74, 6) is 0.442. The van der Waals surface area contributed by atoms with E-state index in [-0.39, 0.29) is 5.76 Å². The highest BCUT2D eigenvalue weighted by Crippen LogP contribution is 2.12. The van der Waals surface area contributed by atoms with Crippen molar-refractivity contribution >= 4 is 0 Å². The molecule has 0 aromatic heterocycles. The van der Waals surface area contributed by atoms with Gasteiger partial charge in [-0.2, -0.15) is 0 Å². The SMILES string of the molecule is C=C(O)C1=CCC=CO1. The fourth-order valence-electron chi connectivity index (χ4n) is 0.586. The summed E-state index contributed by atoms with van der Waals surface area (Å²) in [6.07, 6.45) is 5.96. The molecule has 9 heavy (non-hydrogen) atoms. The van der Waals surface area contributed by atoms with Crippen molar-refractivity contribution in [2.75, 3.05) is 0 Å². The third-order valence-corrected chi connectivity index (χ3v) is 1.01. The number of aliphatic hydroxyl groups is 1. The Morgan fingerprint density at radius 2 is 2.56 bits per heavy atom. The summed E-state index contributed by atoms with van der Waals surface area (Å²) in [4.78, 5) is 0. The van der Waals surface area contributed by atoms with E-state index >= 15 is 0 Å². The van der Waals surface area contributed by atoms with Gasteiger partial charge in [-0.05, 0) is 18.6 Å². The van der Waals surface area contributed by atoms with Gasteiger partial charge in [0.1, 0.15) is 0 Å². The number of ether oxygens (including phenoxy) is 1. The van der Waals surface area contributed by atoms with E-state index in [4.69, 9.17) is 9.84 Å².